The first kappa shape index (κ1) is 18.7. The fourth-order valence-corrected chi connectivity index (χ4v) is 3.08. The Labute approximate surface area is 173 Å². The molecule has 0 aliphatic carbocycles. The van der Waals surface area contributed by atoms with Crippen LogP contribution >= 0.6 is 15.9 Å². The topological polar surface area (TPSA) is 137 Å². The van der Waals surface area contributed by atoms with Crippen LogP contribution in [-0.4, -0.2) is 41.1 Å². The summed E-state index contributed by atoms with van der Waals surface area (Å²) in [5.74, 6) is 0.869. The summed E-state index contributed by atoms with van der Waals surface area (Å²) in [5.41, 5.74) is 1.78. The van der Waals surface area contributed by atoms with Crippen LogP contribution in [0.2, 0.25) is 0 Å². The molecule has 0 spiro atoms. The van der Waals surface area contributed by atoms with Crippen LogP contribution < -0.4 is 16.3 Å². The number of hydrogen-bond donors (Lipinski definition) is 5. The summed E-state index contributed by atoms with van der Waals surface area (Å²) < 4.78 is 1.90. The molecule has 10 nitrogen and oxygen atoms in total. The fourth-order valence-electron chi connectivity index (χ4n) is 2.75. The number of anilines is 3. The summed E-state index contributed by atoms with van der Waals surface area (Å²) >= 11 is 3.44. The van der Waals surface area contributed by atoms with Crippen molar-refractivity contribution >= 4 is 33.4 Å². The zero-order valence-corrected chi connectivity index (χ0v) is 16.6. The SMILES string of the molecule is O=c1[nH]cc(O)n1-c1cccc(Nc2ncc(Br)c(NCCc3cnc[nH]3)n2)c1. The Bertz CT molecular complexity index is 1170. The minimum atomic E-state index is -0.428. The fraction of sp³-hybridized carbons (Fsp3) is 0.111. The summed E-state index contributed by atoms with van der Waals surface area (Å²) in [5, 5.41) is 16.2. The van der Waals surface area contributed by atoms with Gasteiger partial charge in [0.15, 0.2) is 0 Å². The van der Waals surface area contributed by atoms with E-state index >= 15 is 0 Å². The highest BCUT2D eigenvalue weighted by Crippen LogP contribution is 2.23. The van der Waals surface area contributed by atoms with Gasteiger partial charge in [-0.3, -0.25) is 0 Å². The van der Waals surface area contributed by atoms with Gasteiger partial charge in [0, 0.05) is 36.7 Å². The lowest BCUT2D eigenvalue weighted by atomic mass is 10.2. The number of aromatic nitrogens is 6. The second-order valence-electron chi connectivity index (χ2n) is 6.11. The van der Waals surface area contributed by atoms with Crippen molar-refractivity contribution in [3.8, 4) is 11.6 Å². The smallest absolute Gasteiger partial charge is 0.333 e. The van der Waals surface area contributed by atoms with Gasteiger partial charge in [-0.2, -0.15) is 4.98 Å². The average molecular weight is 457 g/mol. The number of nitrogens with one attached hydrogen (secondary N) is 4. The number of H-pyrrole nitrogens is 2. The summed E-state index contributed by atoms with van der Waals surface area (Å²) in [4.78, 5) is 30.1. The molecule has 0 fully saturated rings. The molecule has 4 rings (SSSR count). The van der Waals surface area contributed by atoms with E-state index in [0.29, 0.717) is 29.7 Å². The first-order valence-corrected chi connectivity index (χ1v) is 9.50. The van der Waals surface area contributed by atoms with Gasteiger partial charge in [-0.15, -0.1) is 0 Å². The van der Waals surface area contributed by atoms with Crippen molar-refractivity contribution in [1.82, 2.24) is 29.5 Å². The molecule has 0 aliphatic heterocycles. The highest BCUT2D eigenvalue weighted by Gasteiger charge is 2.09. The molecule has 148 valence electrons. The van der Waals surface area contributed by atoms with Crippen molar-refractivity contribution in [3.05, 3.63) is 69.8 Å². The predicted molar refractivity (Wildman–Crippen MR) is 112 cm³/mol. The van der Waals surface area contributed by atoms with Crippen LogP contribution in [0.5, 0.6) is 5.88 Å². The van der Waals surface area contributed by atoms with Crippen molar-refractivity contribution in [2.45, 2.75) is 6.42 Å². The standard InChI is InChI=1S/C18H17BrN8O2/c19-14-8-22-17(26-16(14)21-5-4-12-7-20-10-24-12)25-11-2-1-3-13(6-11)27-15(28)9-23-18(27)29/h1-3,6-10,28H,4-5H2,(H,20,24)(H,23,29)(H2,21,22,25,26). The Balaban J connectivity index is 1.49. The first-order chi connectivity index (χ1) is 14.1. The molecule has 0 saturated carbocycles. The largest absolute Gasteiger partial charge is 0.493 e. The lowest BCUT2D eigenvalue weighted by Gasteiger charge is -2.11. The van der Waals surface area contributed by atoms with Gasteiger partial charge in [0.1, 0.15) is 5.82 Å². The van der Waals surface area contributed by atoms with E-state index in [4.69, 9.17) is 0 Å². The molecule has 0 saturated heterocycles. The van der Waals surface area contributed by atoms with Crippen LogP contribution in [0.25, 0.3) is 5.69 Å². The molecule has 0 radical (unpaired) electrons. The van der Waals surface area contributed by atoms with E-state index in [1.807, 2.05) is 6.07 Å². The molecule has 0 atom stereocenters. The quantitative estimate of drug-likeness (QED) is 0.288. The van der Waals surface area contributed by atoms with E-state index in [9.17, 15) is 9.90 Å². The molecule has 0 aliphatic rings. The number of hydrogen-bond acceptors (Lipinski definition) is 7. The Hall–Kier alpha value is -3.60. The highest BCUT2D eigenvalue weighted by atomic mass is 79.9. The van der Waals surface area contributed by atoms with Crippen LogP contribution in [0.15, 0.2) is 58.5 Å². The minimum Gasteiger partial charge on any atom is -0.493 e. The van der Waals surface area contributed by atoms with Gasteiger partial charge in [0.2, 0.25) is 11.8 Å². The number of halogens is 1. The molecule has 1 aromatic carbocycles. The zero-order chi connectivity index (χ0) is 20.2. The Morgan fingerprint density at radius 1 is 1.24 bits per heavy atom. The van der Waals surface area contributed by atoms with Crippen molar-refractivity contribution in [2.24, 2.45) is 0 Å². The van der Waals surface area contributed by atoms with Crippen molar-refractivity contribution in [1.29, 1.82) is 0 Å². The van der Waals surface area contributed by atoms with E-state index < -0.39 is 5.69 Å². The maximum Gasteiger partial charge on any atom is 0.333 e. The van der Waals surface area contributed by atoms with Crippen LogP contribution in [0.3, 0.4) is 0 Å². The molecular weight excluding hydrogens is 440 g/mol. The van der Waals surface area contributed by atoms with Gasteiger partial charge in [-0.05, 0) is 34.1 Å². The third-order valence-electron chi connectivity index (χ3n) is 4.10. The Morgan fingerprint density at radius 3 is 2.90 bits per heavy atom. The molecule has 5 N–H and O–H groups in total. The Kier molecular flexibility index (Phi) is 5.29. The summed E-state index contributed by atoms with van der Waals surface area (Å²) in [6, 6.07) is 7.00. The minimum absolute atomic E-state index is 0.171. The number of aromatic amines is 2. The van der Waals surface area contributed by atoms with Gasteiger partial charge < -0.3 is 25.7 Å². The van der Waals surface area contributed by atoms with Gasteiger partial charge in [0.05, 0.1) is 22.7 Å². The number of benzene rings is 1. The molecule has 0 amide bonds. The second-order valence-corrected chi connectivity index (χ2v) is 6.96. The van der Waals surface area contributed by atoms with Gasteiger partial charge in [0.25, 0.3) is 0 Å². The second kappa shape index (κ2) is 8.19. The van der Waals surface area contributed by atoms with E-state index in [0.717, 1.165) is 21.2 Å². The highest BCUT2D eigenvalue weighted by molar-refractivity contribution is 9.10. The monoisotopic (exact) mass is 456 g/mol. The lowest BCUT2D eigenvalue weighted by Crippen LogP contribution is -2.14. The van der Waals surface area contributed by atoms with Gasteiger partial charge >= 0.3 is 5.69 Å². The third-order valence-corrected chi connectivity index (χ3v) is 4.68. The lowest BCUT2D eigenvalue weighted by molar-refractivity contribution is 0.441. The van der Waals surface area contributed by atoms with E-state index in [-0.39, 0.29) is 5.88 Å². The van der Waals surface area contributed by atoms with Crippen LogP contribution in [0.1, 0.15) is 5.69 Å². The molecule has 3 aromatic heterocycles. The summed E-state index contributed by atoms with van der Waals surface area (Å²) in [6.07, 6.45) is 7.09. The van der Waals surface area contributed by atoms with Crippen molar-refractivity contribution in [2.75, 3.05) is 17.2 Å². The molecule has 3 heterocycles. The van der Waals surface area contributed by atoms with Crippen molar-refractivity contribution < 1.29 is 5.11 Å². The van der Waals surface area contributed by atoms with E-state index in [1.54, 1.807) is 36.9 Å². The first-order valence-electron chi connectivity index (χ1n) is 8.70. The third kappa shape index (κ3) is 4.29. The van der Waals surface area contributed by atoms with E-state index in [2.05, 4.69) is 51.5 Å². The van der Waals surface area contributed by atoms with Crippen molar-refractivity contribution in [3.63, 3.8) is 0 Å². The molecular formula is C18H17BrN8O2. The summed E-state index contributed by atoms with van der Waals surface area (Å²) in [6.45, 7) is 0.669. The summed E-state index contributed by atoms with van der Waals surface area (Å²) in [7, 11) is 0. The van der Waals surface area contributed by atoms with Crippen LogP contribution in [0, 0.1) is 0 Å². The predicted octanol–water partition coefficient (Wildman–Crippen LogP) is 2.54. The van der Waals surface area contributed by atoms with Crippen LogP contribution in [-0.2, 0) is 6.42 Å². The number of nitrogens with zero attached hydrogens (tertiary/aromatic N) is 4. The zero-order valence-electron chi connectivity index (χ0n) is 15.1. The van der Waals surface area contributed by atoms with E-state index in [1.165, 1.54) is 6.20 Å². The van der Waals surface area contributed by atoms with Crippen LogP contribution in [0.4, 0.5) is 17.5 Å². The number of aromatic hydroxyl groups is 1. The molecule has 0 bridgehead atoms. The average Bonchev–Trinajstić information content (AvgIpc) is 3.34. The molecule has 0 unspecified atom stereocenters. The normalized spacial score (nSPS) is 10.8. The Morgan fingerprint density at radius 2 is 2.14 bits per heavy atom. The maximum atomic E-state index is 11.9. The molecule has 29 heavy (non-hydrogen) atoms. The van der Waals surface area contributed by atoms with Gasteiger partial charge in [-0.25, -0.2) is 19.3 Å². The number of imidazole rings is 2. The maximum absolute atomic E-state index is 11.9. The number of rotatable bonds is 7. The van der Waals surface area contributed by atoms with Gasteiger partial charge in [-0.1, -0.05) is 6.07 Å². The molecule has 4 aromatic rings. The molecule has 11 heteroatoms.